The molecular formula is C23H24N2O2. The topological polar surface area (TPSA) is 46.3 Å². The van der Waals surface area contributed by atoms with Gasteiger partial charge in [-0.05, 0) is 48.6 Å². The second-order valence-electron chi connectivity index (χ2n) is 7.25. The molecule has 2 aromatic carbocycles. The lowest BCUT2D eigenvalue weighted by Crippen LogP contribution is -2.36. The molecule has 0 radical (unpaired) electrons. The molecule has 0 fully saturated rings. The van der Waals surface area contributed by atoms with E-state index in [2.05, 4.69) is 49.2 Å². The summed E-state index contributed by atoms with van der Waals surface area (Å²) in [7, 11) is 0. The summed E-state index contributed by atoms with van der Waals surface area (Å²) in [5.41, 5.74) is 6.12. The fraction of sp³-hybridized carbons (Fsp3) is 0.304. The first-order valence-electron chi connectivity index (χ1n) is 9.47. The predicted molar refractivity (Wildman–Crippen MR) is 105 cm³/mol. The van der Waals surface area contributed by atoms with E-state index in [1.54, 1.807) is 6.20 Å². The number of rotatable bonds is 4. The summed E-state index contributed by atoms with van der Waals surface area (Å²) in [4.78, 5) is 18.9. The van der Waals surface area contributed by atoms with Crippen molar-refractivity contribution in [3.05, 3.63) is 76.8 Å². The van der Waals surface area contributed by atoms with Crippen LogP contribution in [0.4, 0.5) is 0 Å². The first-order chi connectivity index (χ1) is 13.1. The first kappa shape index (κ1) is 17.5. The highest BCUT2D eigenvalue weighted by molar-refractivity contribution is 5.76. The van der Waals surface area contributed by atoms with Crippen LogP contribution in [0.15, 0.2) is 53.1 Å². The molecule has 1 aliphatic heterocycles. The Kier molecular flexibility index (Phi) is 4.80. The molecule has 4 heteroatoms. The van der Waals surface area contributed by atoms with Crippen molar-refractivity contribution in [3.63, 3.8) is 0 Å². The van der Waals surface area contributed by atoms with Crippen LogP contribution in [0.2, 0.25) is 0 Å². The Morgan fingerprint density at radius 2 is 1.93 bits per heavy atom. The van der Waals surface area contributed by atoms with Crippen LogP contribution in [0, 0.1) is 13.8 Å². The number of hydrogen-bond acceptors (Lipinski definition) is 3. The van der Waals surface area contributed by atoms with Crippen LogP contribution in [0.25, 0.3) is 11.3 Å². The molecule has 3 aromatic rings. The standard InChI is InChI=1S/C23H24N2O2/c1-16-7-8-19(13-17(16)2)21-14-24-22(27-21)9-10-23(26)25-12-11-18-5-3-4-6-20(18)15-25/h3-8,13-14H,9-12,15H2,1-2H3. The lowest BCUT2D eigenvalue weighted by molar-refractivity contribution is -0.132. The van der Waals surface area contributed by atoms with E-state index in [4.69, 9.17) is 4.42 Å². The number of carbonyl (C=O) groups is 1. The minimum Gasteiger partial charge on any atom is -0.441 e. The zero-order chi connectivity index (χ0) is 18.8. The normalized spacial score (nSPS) is 13.5. The molecule has 1 aliphatic rings. The maximum absolute atomic E-state index is 12.6. The van der Waals surface area contributed by atoms with Gasteiger partial charge in [-0.3, -0.25) is 4.79 Å². The Balaban J connectivity index is 1.37. The summed E-state index contributed by atoms with van der Waals surface area (Å²) < 4.78 is 5.88. The first-order valence-corrected chi connectivity index (χ1v) is 9.47. The Hall–Kier alpha value is -2.88. The molecule has 0 bridgehead atoms. The van der Waals surface area contributed by atoms with Crippen molar-refractivity contribution in [2.45, 2.75) is 39.7 Å². The third kappa shape index (κ3) is 3.80. The second kappa shape index (κ2) is 7.39. The van der Waals surface area contributed by atoms with Gasteiger partial charge in [0, 0.05) is 31.5 Å². The number of benzene rings is 2. The zero-order valence-electron chi connectivity index (χ0n) is 15.9. The minimum atomic E-state index is 0.162. The molecule has 1 amide bonds. The van der Waals surface area contributed by atoms with Crippen molar-refractivity contribution in [1.82, 2.24) is 9.88 Å². The fourth-order valence-corrected chi connectivity index (χ4v) is 3.53. The summed E-state index contributed by atoms with van der Waals surface area (Å²) in [5, 5.41) is 0. The minimum absolute atomic E-state index is 0.162. The third-order valence-electron chi connectivity index (χ3n) is 5.38. The maximum atomic E-state index is 12.6. The van der Waals surface area contributed by atoms with E-state index < -0.39 is 0 Å². The summed E-state index contributed by atoms with van der Waals surface area (Å²) in [5.74, 6) is 1.54. The smallest absolute Gasteiger partial charge is 0.223 e. The van der Waals surface area contributed by atoms with E-state index in [1.165, 1.54) is 22.3 Å². The number of carbonyl (C=O) groups excluding carboxylic acids is 1. The van der Waals surface area contributed by atoms with Crippen LogP contribution >= 0.6 is 0 Å². The van der Waals surface area contributed by atoms with Crippen LogP contribution in [-0.4, -0.2) is 22.3 Å². The monoisotopic (exact) mass is 360 g/mol. The Labute approximate surface area is 159 Å². The highest BCUT2D eigenvalue weighted by atomic mass is 16.4. The van der Waals surface area contributed by atoms with Gasteiger partial charge in [-0.25, -0.2) is 4.98 Å². The molecule has 1 aromatic heterocycles. The number of hydrogen-bond donors (Lipinski definition) is 0. The van der Waals surface area contributed by atoms with Gasteiger partial charge in [0.25, 0.3) is 0 Å². The molecular weight excluding hydrogens is 336 g/mol. The average molecular weight is 360 g/mol. The van der Waals surface area contributed by atoms with Crippen LogP contribution in [0.3, 0.4) is 0 Å². The van der Waals surface area contributed by atoms with Gasteiger partial charge in [-0.15, -0.1) is 0 Å². The van der Waals surface area contributed by atoms with Gasteiger partial charge in [0.2, 0.25) is 5.91 Å². The second-order valence-corrected chi connectivity index (χ2v) is 7.25. The summed E-state index contributed by atoms with van der Waals surface area (Å²) >= 11 is 0. The summed E-state index contributed by atoms with van der Waals surface area (Å²) in [6.07, 6.45) is 3.63. The molecule has 138 valence electrons. The summed E-state index contributed by atoms with van der Waals surface area (Å²) in [6, 6.07) is 14.6. The molecule has 2 heterocycles. The van der Waals surface area contributed by atoms with Crippen LogP contribution in [0.5, 0.6) is 0 Å². The molecule has 0 atom stereocenters. The van der Waals surface area contributed by atoms with E-state index >= 15 is 0 Å². The maximum Gasteiger partial charge on any atom is 0.223 e. The Morgan fingerprint density at radius 1 is 1.11 bits per heavy atom. The highest BCUT2D eigenvalue weighted by Gasteiger charge is 2.20. The van der Waals surface area contributed by atoms with Crippen molar-refractivity contribution in [3.8, 4) is 11.3 Å². The van der Waals surface area contributed by atoms with Gasteiger partial charge in [-0.1, -0.05) is 36.4 Å². The van der Waals surface area contributed by atoms with Crippen LogP contribution in [0.1, 0.15) is 34.6 Å². The van der Waals surface area contributed by atoms with Gasteiger partial charge in [0.05, 0.1) is 6.20 Å². The molecule has 0 N–H and O–H groups in total. The third-order valence-corrected chi connectivity index (χ3v) is 5.38. The molecule has 4 nitrogen and oxygen atoms in total. The van der Waals surface area contributed by atoms with E-state index in [9.17, 15) is 4.79 Å². The van der Waals surface area contributed by atoms with Crippen molar-refractivity contribution in [2.24, 2.45) is 0 Å². The van der Waals surface area contributed by atoms with E-state index in [0.717, 1.165) is 24.3 Å². The molecule has 27 heavy (non-hydrogen) atoms. The van der Waals surface area contributed by atoms with Crippen molar-refractivity contribution < 1.29 is 9.21 Å². The Bertz CT molecular complexity index is 974. The number of nitrogens with zero attached hydrogens (tertiary/aromatic N) is 2. The number of oxazole rings is 1. The van der Waals surface area contributed by atoms with Gasteiger partial charge in [0.15, 0.2) is 11.7 Å². The molecule has 4 rings (SSSR count). The van der Waals surface area contributed by atoms with Gasteiger partial charge in [-0.2, -0.15) is 0 Å². The lowest BCUT2D eigenvalue weighted by atomic mass is 9.99. The van der Waals surface area contributed by atoms with Gasteiger partial charge < -0.3 is 9.32 Å². The highest BCUT2D eigenvalue weighted by Crippen LogP contribution is 2.24. The number of aromatic nitrogens is 1. The molecule has 0 saturated carbocycles. The fourth-order valence-electron chi connectivity index (χ4n) is 3.53. The van der Waals surface area contributed by atoms with E-state index in [0.29, 0.717) is 25.3 Å². The predicted octanol–water partition coefficient (Wildman–Crippen LogP) is 4.48. The molecule has 0 unspecified atom stereocenters. The number of amides is 1. The van der Waals surface area contributed by atoms with Crippen LogP contribution < -0.4 is 0 Å². The van der Waals surface area contributed by atoms with E-state index in [1.807, 2.05) is 17.0 Å². The Morgan fingerprint density at radius 3 is 2.74 bits per heavy atom. The largest absolute Gasteiger partial charge is 0.441 e. The average Bonchev–Trinajstić information content (AvgIpc) is 3.17. The van der Waals surface area contributed by atoms with Gasteiger partial charge in [0.1, 0.15) is 0 Å². The van der Waals surface area contributed by atoms with Gasteiger partial charge >= 0.3 is 0 Å². The lowest BCUT2D eigenvalue weighted by Gasteiger charge is -2.28. The zero-order valence-corrected chi connectivity index (χ0v) is 15.9. The van der Waals surface area contributed by atoms with Crippen LogP contribution in [-0.2, 0) is 24.2 Å². The molecule has 0 aliphatic carbocycles. The molecule has 0 saturated heterocycles. The van der Waals surface area contributed by atoms with E-state index in [-0.39, 0.29) is 5.91 Å². The van der Waals surface area contributed by atoms with Crippen molar-refractivity contribution >= 4 is 5.91 Å². The number of fused-ring (bicyclic) bond motifs is 1. The molecule has 0 spiro atoms. The van der Waals surface area contributed by atoms with Crippen molar-refractivity contribution in [1.29, 1.82) is 0 Å². The SMILES string of the molecule is Cc1ccc(-c2cnc(CCC(=O)N3CCc4ccccc4C3)o2)cc1C. The number of aryl methyl sites for hydroxylation is 3. The van der Waals surface area contributed by atoms with Crippen molar-refractivity contribution in [2.75, 3.05) is 6.54 Å². The summed E-state index contributed by atoms with van der Waals surface area (Å²) in [6.45, 7) is 5.67. The quantitative estimate of drug-likeness (QED) is 0.689.